The van der Waals surface area contributed by atoms with Gasteiger partial charge in [0.15, 0.2) is 0 Å². The van der Waals surface area contributed by atoms with Gasteiger partial charge in [0.2, 0.25) is 0 Å². The highest BCUT2D eigenvalue weighted by Crippen LogP contribution is 2.24. The summed E-state index contributed by atoms with van der Waals surface area (Å²) in [5.74, 6) is 0.340. The van der Waals surface area contributed by atoms with Gasteiger partial charge in [-0.2, -0.15) is 5.10 Å². The van der Waals surface area contributed by atoms with Gasteiger partial charge >= 0.3 is 0 Å². The molecule has 1 amide bonds. The second-order valence-corrected chi connectivity index (χ2v) is 5.59. The summed E-state index contributed by atoms with van der Waals surface area (Å²) in [5, 5.41) is 7.01. The number of nitrogens with one attached hydrogen (secondary N) is 1. The SMILES string of the molecule is CCn1ncc(N)c1C(=O)NCC(C)(C)C(C)C. The third-order valence-corrected chi connectivity index (χ3v) is 3.65. The van der Waals surface area contributed by atoms with E-state index in [1.165, 1.54) is 6.20 Å². The molecule has 0 aliphatic heterocycles. The lowest BCUT2D eigenvalue weighted by Crippen LogP contribution is -2.38. The third kappa shape index (κ3) is 3.03. The molecule has 0 aliphatic carbocycles. The normalized spacial score (nSPS) is 11.9. The Morgan fingerprint density at radius 3 is 2.67 bits per heavy atom. The van der Waals surface area contributed by atoms with Crippen molar-refractivity contribution >= 4 is 11.6 Å². The van der Waals surface area contributed by atoms with Crippen LogP contribution in [0.25, 0.3) is 0 Å². The topological polar surface area (TPSA) is 72.9 Å². The maximum Gasteiger partial charge on any atom is 0.271 e. The molecule has 1 aromatic rings. The van der Waals surface area contributed by atoms with Crippen LogP contribution < -0.4 is 11.1 Å². The zero-order chi connectivity index (χ0) is 13.9. The first-order valence-electron chi connectivity index (χ1n) is 6.39. The monoisotopic (exact) mass is 252 g/mol. The maximum absolute atomic E-state index is 12.1. The van der Waals surface area contributed by atoms with Crippen molar-refractivity contribution in [3.05, 3.63) is 11.9 Å². The van der Waals surface area contributed by atoms with Crippen molar-refractivity contribution in [1.82, 2.24) is 15.1 Å². The zero-order valence-electron chi connectivity index (χ0n) is 11.9. The van der Waals surface area contributed by atoms with E-state index in [-0.39, 0.29) is 11.3 Å². The Labute approximate surface area is 109 Å². The summed E-state index contributed by atoms with van der Waals surface area (Å²) in [4.78, 5) is 12.1. The lowest BCUT2D eigenvalue weighted by atomic mass is 9.81. The minimum Gasteiger partial charge on any atom is -0.396 e. The quantitative estimate of drug-likeness (QED) is 0.840. The first kappa shape index (κ1) is 14.5. The van der Waals surface area contributed by atoms with Gasteiger partial charge in [-0.05, 0) is 18.3 Å². The van der Waals surface area contributed by atoms with Crippen molar-refractivity contribution < 1.29 is 4.79 Å². The Morgan fingerprint density at radius 1 is 1.56 bits per heavy atom. The Balaban J connectivity index is 2.75. The first-order valence-corrected chi connectivity index (χ1v) is 6.39. The van der Waals surface area contributed by atoms with E-state index < -0.39 is 0 Å². The summed E-state index contributed by atoms with van der Waals surface area (Å²) in [6, 6.07) is 0. The molecular weight excluding hydrogens is 228 g/mol. The van der Waals surface area contributed by atoms with Crippen molar-refractivity contribution in [2.75, 3.05) is 12.3 Å². The number of carbonyl (C=O) groups is 1. The number of nitrogen functional groups attached to an aromatic ring is 1. The second-order valence-electron chi connectivity index (χ2n) is 5.59. The zero-order valence-corrected chi connectivity index (χ0v) is 11.9. The van der Waals surface area contributed by atoms with Crippen molar-refractivity contribution in [3.63, 3.8) is 0 Å². The number of hydrogen-bond donors (Lipinski definition) is 2. The van der Waals surface area contributed by atoms with Crippen LogP contribution in [0.15, 0.2) is 6.20 Å². The molecule has 0 saturated carbocycles. The third-order valence-electron chi connectivity index (χ3n) is 3.65. The number of nitrogens with two attached hydrogens (primary N) is 1. The van der Waals surface area contributed by atoms with Gasteiger partial charge in [0.05, 0.1) is 11.9 Å². The van der Waals surface area contributed by atoms with E-state index in [4.69, 9.17) is 5.73 Å². The van der Waals surface area contributed by atoms with E-state index in [9.17, 15) is 4.79 Å². The number of amides is 1. The number of aryl methyl sites for hydroxylation is 1. The molecule has 18 heavy (non-hydrogen) atoms. The van der Waals surface area contributed by atoms with Gasteiger partial charge in [0.25, 0.3) is 5.91 Å². The summed E-state index contributed by atoms with van der Waals surface area (Å²) >= 11 is 0. The molecule has 1 aromatic heterocycles. The molecule has 1 heterocycles. The number of anilines is 1. The summed E-state index contributed by atoms with van der Waals surface area (Å²) in [7, 11) is 0. The molecule has 0 aromatic carbocycles. The molecule has 3 N–H and O–H groups in total. The fraction of sp³-hybridized carbons (Fsp3) is 0.692. The maximum atomic E-state index is 12.1. The first-order chi connectivity index (χ1) is 8.29. The molecule has 0 fully saturated rings. The van der Waals surface area contributed by atoms with Crippen LogP contribution >= 0.6 is 0 Å². The Morgan fingerprint density at radius 2 is 2.17 bits per heavy atom. The standard InChI is InChI=1S/C13H24N4O/c1-6-17-11(10(14)7-16-17)12(18)15-8-13(4,5)9(2)3/h7,9H,6,8,14H2,1-5H3,(H,15,18). The van der Waals surface area contributed by atoms with Crippen LogP contribution in [0.5, 0.6) is 0 Å². The molecule has 0 saturated heterocycles. The Hall–Kier alpha value is -1.52. The van der Waals surface area contributed by atoms with E-state index in [1.807, 2.05) is 6.92 Å². The van der Waals surface area contributed by atoms with Crippen molar-refractivity contribution in [1.29, 1.82) is 0 Å². The van der Waals surface area contributed by atoms with Crippen molar-refractivity contribution in [3.8, 4) is 0 Å². The highest BCUT2D eigenvalue weighted by Gasteiger charge is 2.24. The molecule has 0 spiro atoms. The van der Waals surface area contributed by atoms with E-state index in [1.54, 1.807) is 4.68 Å². The number of rotatable bonds is 5. The molecule has 0 bridgehead atoms. The van der Waals surface area contributed by atoms with Gasteiger partial charge in [-0.25, -0.2) is 0 Å². The van der Waals surface area contributed by atoms with E-state index >= 15 is 0 Å². The molecule has 0 atom stereocenters. The van der Waals surface area contributed by atoms with Crippen LogP contribution in [0.4, 0.5) is 5.69 Å². The fourth-order valence-electron chi connectivity index (χ4n) is 1.48. The minimum atomic E-state index is -0.152. The molecule has 5 heteroatoms. The summed E-state index contributed by atoms with van der Waals surface area (Å²) < 4.78 is 1.62. The molecule has 0 unspecified atom stereocenters. The molecule has 0 radical (unpaired) electrons. The van der Waals surface area contributed by atoms with Gasteiger partial charge in [-0.15, -0.1) is 0 Å². The summed E-state index contributed by atoms with van der Waals surface area (Å²) in [6.45, 7) is 11.8. The van der Waals surface area contributed by atoms with Crippen molar-refractivity contribution in [2.45, 2.75) is 41.2 Å². The van der Waals surface area contributed by atoms with Crippen LogP contribution in [0, 0.1) is 11.3 Å². The van der Waals surface area contributed by atoms with Gasteiger partial charge in [0, 0.05) is 13.1 Å². The van der Waals surface area contributed by atoms with Gasteiger partial charge in [-0.1, -0.05) is 27.7 Å². The average molecular weight is 252 g/mol. The molecule has 102 valence electrons. The number of carbonyl (C=O) groups excluding carboxylic acids is 1. The smallest absolute Gasteiger partial charge is 0.271 e. The predicted octanol–water partition coefficient (Wildman–Crippen LogP) is 1.90. The summed E-state index contributed by atoms with van der Waals surface area (Å²) in [5.41, 5.74) is 6.71. The van der Waals surface area contributed by atoms with Crippen LogP contribution in [0.3, 0.4) is 0 Å². The number of nitrogens with zero attached hydrogens (tertiary/aromatic N) is 2. The summed E-state index contributed by atoms with van der Waals surface area (Å²) in [6.07, 6.45) is 1.52. The lowest BCUT2D eigenvalue weighted by Gasteiger charge is -2.29. The molecule has 1 rings (SSSR count). The molecule has 5 nitrogen and oxygen atoms in total. The Kier molecular flexibility index (Phi) is 4.38. The van der Waals surface area contributed by atoms with Gasteiger partial charge in [0.1, 0.15) is 5.69 Å². The lowest BCUT2D eigenvalue weighted by molar-refractivity contribution is 0.0915. The van der Waals surface area contributed by atoms with Crippen LogP contribution in [0.1, 0.15) is 45.1 Å². The van der Waals surface area contributed by atoms with E-state index in [0.29, 0.717) is 30.4 Å². The highest BCUT2D eigenvalue weighted by molar-refractivity contribution is 5.97. The largest absolute Gasteiger partial charge is 0.396 e. The van der Waals surface area contributed by atoms with Gasteiger partial charge < -0.3 is 11.1 Å². The Bertz CT molecular complexity index is 421. The number of aromatic nitrogens is 2. The van der Waals surface area contributed by atoms with Crippen LogP contribution in [0.2, 0.25) is 0 Å². The van der Waals surface area contributed by atoms with E-state index in [2.05, 4.69) is 38.1 Å². The number of hydrogen-bond acceptors (Lipinski definition) is 3. The van der Waals surface area contributed by atoms with E-state index in [0.717, 1.165) is 0 Å². The predicted molar refractivity (Wildman–Crippen MR) is 73.3 cm³/mol. The fourth-order valence-corrected chi connectivity index (χ4v) is 1.48. The highest BCUT2D eigenvalue weighted by atomic mass is 16.2. The average Bonchev–Trinajstić information content (AvgIpc) is 2.67. The van der Waals surface area contributed by atoms with Crippen LogP contribution in [-0.4, -0.2) is 22.2 Å². The molecular formula is C13H24N4O. The van der Waals surface area contributed by atoms with Crippen LogP contribution in [-0.2, 0) is 6.54 Å². The van der Waals surface area contributed by atoms with Crippen molar-refractivity contribution in [2.24, 2.45) is 11.3 Å². The van der Waals surface area contributed by atoms with Gasteiger partial charge in [-0.3, -0.25) is 9.48 Å². The second kappa shape index (κ2) is 5.42. The minimum absolute atomic E-state index is 0.0570. The molecule has 0 aliphatic rings.